The Hall–Kier alpha value is -1.34. The van der Waals surface area contributed by atoms with E-state index < -0.39 is 23.6 Å². The first kappa shape index (κ1) is 15.7. The van der Waals surface area contributed by atoms with Gasteiger partial charge in [0.2, 0.25) is 0 Å². The Morgan fingerprint density at radius 2 is 2.05 bits per heavy atom. The van der Waals surface area contributed by atoms with Crippen molar-refractivity contribution in [3.63, 3.8) is 0 Å². The van der Waals surface area contributed by atoms with Gasteiger partial charge in [-0.2, -0.15) is 0 Å². The summed E-state index contributed by atoms with van der Waals surface area (Å²) in [7, 11) is 0. The molecule has 0 bridgehead atoms. The van der Waals surface area contributed by atoms with Gasteiger partial charge in [0, 0.05) is 26.1 Å². The minimum absolute atomic E-state index is 0.0212. The van der Waals surface area contributed by atoms with Crippen molar-refractivity contribution >= 4 is 12.0 Å². The van der Waals surface area contributed by atoms with Crippen LogP contribution in [0.1, 0.15) is 32.6 Å². The molecule has 1 saturated heterocycles. The van der Waals surface area contributed by atoms with E-state index in [2.05, 4.69) is 5.32 Å². The topological polar surface area (TPSA) is 110 Å². The first-order valence-corrected chi connectivity index (χ1v) is 6.47. The van der Waals surface area contributed by atoms with Gasteiger partial charge in [-0.1, -0.05) is 0 Å². The standard InChI is InChI=1S/C12H22N2O5/c1-12(19)4-2-6-14(7-5-12)11(18)13-9(3-8-15)10(16)17/h9,15,19H,2-8H2,1H3,(H,13,18)(H,16,17)/t9-,12?/m1/s1. The van der Waals surface area contributed by atoms with Gasteiger partial charge in [0.05, 0.1) is 5.60 Å². The third-order valence-corrected chi connectivity index (χ3v) is 3.36. The Balaban J connectivity index is 2.54. The summed E-state index contributed by atoms with van der Waals surface area (Å²) >= 11 is 0. The largest absolute Gasteiger partial charge is 0.480 e. The lowest BCUT2D eigenvalue weighted by Gasteiger charge is -2.24. The molecule has 0 aromatic rings. The van der Waals surface area contributed by atoms with Crippen LogP contribution in [0.4, 0.5) is 4.79 Å². The highest BCUT2D eigenvalue weighted by Crippen LogP contribution is 2.21. The molecule has 19 heavy (non-hydrogen) atoms. The molecule has 1 aliphatic rings. The molecule has 7 nitrogen and oxygen atoms in total. The molecule has 1 aliphatic heterocycles. The van der Waals surface area contributed by atoms with Crippen LogP contribution < -0.4 is 5.32 Å². The third kappa shape index (κ3) is 5.04. The van der Waals surface area contributed by atoms with Gasteiger partial charge in [0.1, 0.15) is 6.04 Å². The fourth-order valence-electron chi connectivity index (χ4n) is 2.09. The number of carbonyl (C=O) groups excluding carboxylic acids is 1. The number of aliphatic hydroxyl groups excluding tert-OH is 1. The molecule has 2 atom stereocenters. The van der Waals surface area contributed by atoms with E-state index in [9.17, 15) is 14.7 Å². The summed E-state index contributed by atoms with van der Waals surface area (Å²) in [4.78, 5) is 24.3. The van der Waals surface area contributed by atoms with Gasteiger partial charge < -0.3 is 25.5 Å². The van der Waals surface area contributed by atoms with Crippen molar-refractivity contribution in [1.82, 2.24) is 10.2 Å². The number of aliphatic hydroxyl groups is 2. The normalized spacial score (nSPS) is 25.5. The fraction of sp³-hybridized carbons (Fsp3) is 0.833. The first-order chi connectivity index (χ1) is 8.85. The van der Waals surface area contributed by atoms with Crippen LogP contribution in [0.25, 0.3) is 0 Å². The maximum atomic E-state index is 11.9. The zero-order valence-electron chi connectivity index (χ0n) is 11.1. The Morgan fingerprint density at radius 1 is 1.37 bits per heavy atom. The van der Waals surface area contributed by atoms with Crippen molar-refractivity contribution in [2.45, 2.75) is 44.2 Å². The molecule has 1 heterocycles. The maximum Gasteiger partial charge on any atom is 0.326 e. The average Bonchev–Trinajstić information content (AvgIpc) is 2.49. The van der Waals surface area contributed by atoms with E-state index in [1.807, 2.05) is 0 Å². The summed E-state index contributed by atoms with van der Waals surface area (Å²) in [5.74, 6) is -1.16. The number of likely N-dealkylation sites (tertiary alicyclic amines) is 1. The number of urea groups is 1. The predicted octanol–water partition coefficient (Wildman–Crippen LogP) is -0.231. The van der Waals surface area contributed by atoms with Crippen LogP contribution in [0.2, 0.25) is 0 Å². The number of carboxylic acid groups (broad SMARTS) is 1. The number of nitrogens with zero attached hydrogens (tertiary/aromatic N) is 1. The SMILES string of the molecule is CC1(O)CCCN(C(=O)N[C@H](CCO)C(=O)O)CC1. The molecule has 1 rings (SSSR count). The fourth-order valence-corrected chi connectivity index (χ4v) is 2.09. The zero-order chi connectivity index (χ0) is 14.5. The highest BCUT2D eigenvalue weighted by molar-refractivity contribution is 5.82. The van der Waals surface area contributed by atoms with E-state index in [1.165, 1.54) is 4.90 Å². The van der Waals surface area contributed by atoms with Crippen LogP contribution in [0.15, 0.2) is 0 Å². The van der Waals surface area contributed by atoms with E-state index in [-0.39, 0.29) is 13.0 Å². The molecule has 0 aromatic heterocycles. The quantitative estimate of drug-likeness (QED) is 0.566. The summed E-state index contributed by atoms with van der Waals surface area (Å²) in [6, 6.07) is -1.54. The van der Waals surface area contributed by atoms with Gasteiger partial charge in [0.15, 0.2) is 0 Å². The van der Waals surface area contributed by atoms with Crippen LogP contribution in [0, 0.1) is 0 Å². The number of nitrogens with one attached hydrogen (secondary N) is 1. The summed E-state index contributed by atoms with van der Waals surface area (Å²) in [6.07, 6.45) is 1.75. The maximum absolute atomic E-state index is 11.9. The summed E-state index contributed by atoms with van der Waals surface area (Å²) < 4.78 is 0. The molecule has 0 aromatic carbocycles. The van der Waals surface area contributed by atoms with Crippen LogP contribution in [-0.2, 0) is 4.79 Å². The highest BCUT2D eigenvalue weighted by atomic mass is 16.4. The predicted molar refractivity (Wildman–Crippen MR) is 67.7 cm³/mol. The van der Waals surface area contributed by atoms with Crippen molar-refractivity contribution in [3.05, 3.63) is 0 Å². The molecule has 0 radical (unpaired) electrons. The second-order valence-corrected chi connectivity index (χ2v) is 5.19. The number of carboxylic acids is 1. The Morgan fingerprint density at radius 3 is 2.63 bits per heavy atom. The number of hydrogen-bond acceptors (Lipinski definition) is 4. The van der Waals surface area contributed by atoms with Gasteiger partial charge in [0.25, 0.3) is 0 Å². The van der Waals surface area contributed by atoms with Crippen LogP contribution in [0.5, 0.6) is 0 Å². The van der Waals surface area contributed by atoms with E-state index in [0.717, 1.165) is 0 Å². The first-order valence-electron chi connectivity index (χ1n) is 6.47. The second-order valence-electron chi connectivity index (χ2n) is 5.19. The molecule has 7 heteroatoms. The Bertz CT molecular complexity index is 332. The number of aliphatic carboxylic acids is 1. The second kappa shape index (κ2) is 6.72. The molecule has 110 valence electrons. The molecule has 1 fully saturated rings. The lowest BCUT2D eigenvalue weighted by Crippen LogP contribution is -2.48. The molecule has 2 amide bonds. The monoisotopic (exact) mass is 274 g/mol. The van der Waals surface area contributed by atoms with Crippen LogP contribution in [-0.4, -0.2) is 63.6 Å². The van der Waals surface area contributed by atoms with Gasteiger partial charge in [-0.05, 0) is 26.2 Å². The lowest BCUT2D eigenvalue weighted by atomic mass is 9.98. The number of hydrogen-bond donors (Lipinski definition) is 4. The van der Waals surface area contributed by atoms with Crippen molar-refractivity contribution in [3.8, 4) is 0 Å². The van der Waals surface area contributed by atoms with Crippen LogP contribution >= 0.6 is 0 Å². The van der Waals surface area contributed by atoms with Gasteiger partial charge in [-0.15, -0.1) is 0 Å². The average molecular weight is 274 g/mol. The molecule has 0 spiro atoms. The van der Waals surface area contributed by atoms with Gasteiger partial charge in [-0.3, -0.25) is 0 Å². The minimum atomic E-state index is -1.16. The molecule has 1 unspecified atom stereocenters. The van der Waals surface area contributed by atoms with E-state index in [4.69, 9.17) is 10.2 Å². The van der Waals surface area contributed by atoms with E-state index >= 15 is 0 Å². The van der Waals surface area contributed by atoms with Crippen molar-refractivity contribution in [1.29, 1.82) is 0 Å². The van der Waals surface area contributed by atoms with Gasteiger partial charge >= 0.3 is 12.0 Å². The zero-order valence-corrected chi connectivity index (χ0v) is 11.1. The highest BCUT2D eigenvalue weighted by Gasteiger charge is 2.28. The minimum Gasteiger partial charge on any atom is -0.480 e. The van der Waals surface area contributed by atoms with E-state index in [1.54, 1.807) is 6.92 Å². The third-order valence-electron chi connectivity index (χ3n) is 3.36. The van der Waals surface area contributed by atoms with Crippen molar-refractivity contribution < 1.29 is 24.9 Å². The van der Waals surface area contributed by atoms with Crippen molar-refractivity contribution in [2.75, 3.05) is 19.7 Å². The van der Waals surface area contributed by atoms with Crippen molar-refractivity contribution in [2.24, 2.45) is 0 Å². The number of amides is 2. The number of rotatable bonds is 4. The molecular weight excluding hydrogens is 252 g/mol. The smallest absolute Gasteiger partial charge is 0.326 e. The molecule has 4 N–H and O–H groups in total. The molecular formula is C12H22N2O5. The summed E-state index contributed by atoms with van der Waals surface area (Å²) in [5, 5.41) is 30.0. The lowest BCUT2D eigenvalue weighted by molar-refractivity contribution is -0.139. The summed E-state index contributed by atoms with van der Waals surface area (Å²) in [5.41, 5.74) is -0.772. The summed E-state index contributed by atoms with van der Waals surface area (Å²) in [6.45, 7) is 2.32. The Kier molecular flexibility index (Phi) is 5.56. The van der Waals surface area contributed by atoms with Crippen LogP contribution in [0.3, 0.4) is 0 Å². The van der Waals surface area contributed by atoms with Gasteiger partial charge in [-0.25, -0.2) is 9.59 Å². The van der Waals surface area contributed by atoms with E-state index in [0.29, 0.717) is 32.4 Å². The molecule has 0 aliphatic carbocycles. The Labute approximate surface area is 112 Å². The molecule has 0 saturated carbocycles. The number of carbonyl (C=O) groups is 2.